The minimum absolute atomic E-state index is 0.00850. The van der Waals surface area contributed by atoms with Gasteiger partial charge in [-0.1, -0.05) is 12.2 Å². The lowest BCUT2D eigenvalue weighted by Gasteiger charge is -2.23. The van der Waals surface area contributed by atoms with Gasteiger partial charge >= 0.3 is 5.97 Å². The van der Waals surface area contributed by atoms with Crippen molar-refractivity contribution in [3.63, 3.8) is 0 Å². The van der Waals surface area contributed by atoms with Crippen LogP contribution in [0.25, 0.3) is 0 Å². The molecule has 1 aromatic heterocycles. The highest BCUT2D eigenvalue weighted by Crippen LogP contribution is 2.48. The van der Waals surface area contributed by atoms with Crippen LogP contribution in [0.3, 0.4) is 0 Å². The highest BCUT2D eigenvalue weighted by atomic mass is 16.4. The van der Waals surface area contributed by atoms with Gasteiger partial charge in [0.15, 0.2) is 0 Å². The van der Waals surface area contributed by atoms with E-state index in [0.29, 0.717) is 6.54 Å². The van der Waals surface area contributed by atoms with Crippen molar-refractivity contribution in [3.05, 3.63) is 42.2 Å². The van der Waals surface area contributed by atoms with Gasteiger partial charge in [0.2, 0.25) is 5.91 Å². The summed E-state index contributed by atoms with van der Waals surface area (Å²) >= 11 is 0. The standard InChI is InChI=1S/C15H16N2O3/c18-14(17-8-9-3-5-16-6-4-9)12-10-1-2-11(7-10)13(12)15(19)20/h1-6,10-13H,7-8H2,(H,17,18)(H,19,20)/t10-,11+,12+,13-/m0/s1. The summed E-state index contributed by atoms with van der Waals surface area (Å²) in [6.07, 6.45) is 8.05. The first-order valence-corrected chi connectivity index (χ1v) is 6.74. The molecule has 0 unspecified atom stereocenters. The highest BCUT2D eigenvalue weighted by molar-refractivity contribution is 5.86. The van der Waals surface area contributed by atoms with Gasteiger partial charge in [-0.15, -0.1) is 0 Å². The molecule has 1 heterocycles. The molecule has 1 aromatic rings. The number of aliphatic carboxylic acids is 1. The van der Waals surface area contributed by atoms with Gasteiger partial charge in [-0.25, -0.2) is 0 Å². The molecule has 5 heteroatoms. The van der Waals surface area contributed by atoms with Crippen molar-refractivity contribution in [1.29, 1.82) is 0 Å². The second kappa shape index (κ2) is 5.07. The number of carboxylic acids is 1. The minimum Gasteiger partial charge on any atom is -0.481 e. The normalized spacial score (nSPS) is 30.4. The van der Waals surface area contributed by atoms with Gasteiger partial charge in [0.1, 0.15) is 0 Å². The van der Waals surface area contributed by atoms with Crippen LogP contribution >= 0.6 is 0 Å². The molecule has 5 nitrogen and oxygen atoms in total. The van der Waals surface area contributed by atoms with E-state index in [9.17, 15) is 14.7 Å². The number of hydrogen-bond acceptors (Lipinski definition) is 3. The molecule has 0 aliphatic heterocycles. The molecule has 3 rings (SSSR count). The summed E-state index contributed by atoms with van der Waals surface area (Å²) in [7, 11) is 0. The molecule has 20 heavy (non-hydrogen) atoms. The Bertz CT molecular complexity index is 555. The van der Waals surface area contributed by atoms with Crippen LogP contribution in [0.5, 0.6) is 0 Å². The van der Waals surface area contributed by atoms with E-state index in [1.54, 1.807) is 12.4 Å². The smallest absolute Gasteiger partial charge is 0.307 e. The number of fused-ring (bicyclic) bond motifs is 2. The van der Waals surface area contributed by atoms with Crippen LogP contribution in [-0.2, 0) is 16.1 Å². The second-order valence-corrected chi connectivity index (χ2v) is 5.41. The van der Waals surface area contributed by atoms with Crippen LogP contribution in [0.15, 0.2) is 36.7 Å². The Morgan fingerprint density at radius 1 is 1.20 bits per heavy atom. The van der Waals surface area contributed by atoms with Gasteiger partial charge in [-0.3, -0.25) is 14.6 Å². The van der Waals surface area contributed by atoms with Crippen LogP contribution in [0.1, 0.15) is 12.0 Å². The molecule has 2 N–H and O–H groups in total. The summed E-state index contributed by atoms with van der Waals surface area (Å²) in [5, 5.41) is 12.2. The summed E-state index contributed by atoms with van der Waals surface area (Å²) in [5.41, 5.74) is 0.957. The SMILES string of the molecule is O=C(O)[C@@H]1[C@H](C(=O)NCc2ccncc2)[C@H]2C=C[C@@H]1C2. The van der Waals surface area contributed by atoms with Gasteiger partial charge in [-0.05, 0) is 36.0 Å². The van der Waals surface area contributed by atoms with Crippen LogP contribution < -0.4 is 5.32 Å². The van der Waals surface area contributed by atoms with E-state index in [4.69, 9.17) is 0 Å². The summed E-state index contributed by atoms with van der Waals surface area (Å²) < 4.78 is 0. The van der Waals surface area contributed by atoms with Gasteiger partial charge in [0.05, 0.1) is 11.8 Å². The van der Waals surface area contributed by atoms with Crippen molar-refractivity contribution in [1.82, 2.24) is 10.3 Å². The number of rotatable bonds is 4. The Morgan fingerprint density at radius 3 is 2.50 bits per heavy atom. The quantitative estimate of drug-likeness (QED) is 0.808. The first-order valence-electron chi connectivity index (χ1n) is 6.74. The average molecular weight is 272 g/mol. The Kier molecular flexibility index (Phi) is 3.26. The summed E-state index contributed by atoms with van der Waals surface area (Å²) in [5.74, 6) is -1.98. The first-order chi connectivity index (χ1) is 9.66. The van der Waals surface area contributed by atoms with Crippen molar-refractivity contribution < 1.29 is 14.7 Å². The number of aromatic nitrogens is 1. The maximum absolute atomic E-state index is 12.3. The molecule has 2 bridgehead atoms. The number of amides is 1. The van der Waals surface area contributed by atoms with Crippen LogP contribution in [0.2, 0.25) is 0 Å². The van der Waals surface area contributed by atoms with E-state index in [-0.39, 0.29) is 17.7 Å². The number of carbonyl (C=O) groups is 2. The Balaban J connectivity index is 1.68. The van der Waals surface area contributed by atoms with Gasteiger partial charge < -0.3 is 10.4 Å². The molecule has 4 atom stereocenters. The number of nitrogens with one attached hydrogen (secondary N) is 1. The zero-order valence-electron chi connectivity index (χ0n) is 10.9. The minimum atomic E-state index is -0.870. The molecular formula is C15H16N2O3. The number of carbonyl (C=O) groups excluding carboxylic acids is 1. The Hall–Kier alpha value is -2.17. The summed E-state index contributed by atoms with van der Waals surface area (Å²) in [6, 6.07) is 3.66. The lowest BCUT2D eigenvalue weighted by atomic mass is 9.82. The van der Waals surface area contributed by atoms with Crippen LogP contribution in [0.4, 0.5) is 0 Å². The third-order valence-corrected chi connectivity index (χ3v) is 4.26. The first kappa shape index (κ1) is 12.8. The molecular weight excluding hydrogens is 256 g/mol. The fraction of sp³-hybridized carbons (Fsp3) is 0.400. The van der Waals surface area contributed by atoms with Gasteiger partial charge in [-0.2, -0.15) is 0 Å². The van der Waals surface area contributed by atoms with Crippen LogP contribution in [0, 0.1) is 23.7 Å². The molecule has 1 amide bonds. The summed E-state index contributed by atoms with van der Waals surface area (Å²) in [6.45, 7) is 0.408. The molecule has 1 saturated carbocycles. The van der Waals surface area contributed by atoms with E-state index in [1.807, 2.05) is 24.3 Å². The van der Waals surface area contributed by atoms with Gasteiger partial charge in [0.25, 0.3) is 0 Å². The number of pyridine rings is 1. The third-order valence-electron chi connectivity index (χ3n) is 4.26. The monoisotopic (exact) mass is 272 g/mol. The van der Waals surface area contributed by atoms with Crippen molar-refractivity contribution in [2.45, 2.75) is 13.0 Å². The molecule has 104 valence electrons. The number of carboxylic acid groups (broad SMARTS) is 1. The molecule has 0 radical (unpaired) electrons. The largest absolute Gasteiger partial charge is 0.481 e. The molecule has 0 saturated heterocycles. The zero-order chi connectivity index (χ0) is 14.1. The molecule has 0 spiro atoms. The Morgan fingerprint density at radius 2 is 1.85 bits per heavy atom. The van der Waals surface area contributed by atoms with Crippen molar-refractivity contribution in [2.75, 3.05) is 0 Å². The van der Waals surface area contributed by atoms with E-state index >= 15 is 0 Å². The number of nitrogens with zero attached hydrogens (tertiary/aromatic N) is 1. The number of allylic oxidation sites excluding steroid dienone is 2. The van der Waals surface area contributed by atoms with E-state index in [2.05, 4.69) is 10.3 Å². The van der Waals surface area contributed by atoms with Gasteiger partial charge in [0, 0.05) is 18.9 Å². The van der Waals surface area contributed by atoms with E-state index in [0.717, 1.165) is 12.0 Å². The van der Waals surface area contributed by atoms with Crippen molar-refractivity contribution in [2.24, 2.45) is 23.7 Å². The Labute approximate surface area is 116 Å². The van der Waals surface area contributed by atoms with E-state index < -0.39 is 17.8 Å². The molecule has 2 aliphatic carbocycles. The average Bonchev–Trinajstić information content (AvgIpc) is 3.06. The predicted octanol–water partition coefficient (Wildman–Crippen LogP) is 1.22. The maximum atomic E-state index is 12.3. The van der Waals surface area contributed by atoms with Crippen molar-refractivity contribution >= 4 is 11.9 Å². The van der Waals surface area contributed by atoms with Crippen LogP contribution in [-0.4, -0.2) is 22.0 Å². The number of hydrogen-bond donors (Lipinski definition) is 2. The van der Waals surface area contributed by atoms with Crippen molar-refractivity contribution in [3.8, 4) is 0 Å². The molecule has 2 aliphatic rings. The predicted molar refractivity (Wildman–Crippen MR) is 71.4 cm³/mol. The fourth-order valence-electron chi connectivity index (χ4n) is 3.32. The zero-order valence-corrected chi connectivity index (χ0v) is 10.9. The van der Waals surface area contributed by atoms with E-state index in [1.165, 1.54) is 0 Å². The second-order valence-electron chi connectivity index (χ2n) is 5.41. The summed E-state index contributed by atoms with van der Waals surface area (Å²) in [4.78, 5) is 27.6. The lowest BCUT2D eigenvalue weighted by molar-refractivity contribution is -0.147. The highest BCUT2D eigenvalue weighted by Gasteiger charge is 2.51. The lowest BCUT2D eigenvalue weighted by Crippen LogP contribution is -2.39. The topological polar surface area (TPSA) is 79.3 Å². The maximum Gasteiger partial charge on any atom is 0.307 e. The molecule has 0 aromatic carbocycles. The fourth-order valence-corrected chi connectivity index (χ4v) is 3.32. The third kappa shape index (κ3) is 2.19. The molecule has 1 fully saturated rings.